The van der Waals surface area contributed by atoms with Crippen LogP contribution in [0.25, 0.3) is 10.9 Å². The lowest BCUT2D eigenvalue weighted by Crippen LogP contribution is -2.23. The Bertz CT molecular complexity index is 994. The predicted molar refractivity (Wildman–Crippen MR) is 108 cm³/mol. The van der Waals surface area contributed by atoms with Crippen molar-refractivity contribution in [2.24, 2.45) is 0 Å². The van der Waals surface area contributed by atoms with Gasteiger partial charge in [-0.25, -0.2) is 0 Å². The number of fused-ring (bicyclic) bond motifs is 1. The summed E-state index contributed by atoms with van der Waals surface area (Å²) in [6.45, 7) is 3.90. The van der Waals surface area contributed by atoms with Crippen molar-refractivity contribution in [1.82, 2.24) is 4.98 Å². The van der Waals surface area contributed by atoms with E-state index in [2.05, 4.69) is 10.3 Å². The summed E-state index contributed by atoms with van der Waals surface area (Å²) in [6, 6.07) is 18.5. The fourth-order valence-corrected chi connectivity index (χ4v) is 4.87. The lowest BCUT2D eigenvalue weighted by atomic mass is 10.1. The number of anilines is 1. The molecule has 0 aliphatic heterocycles. The number of H-pyrrole nitrogens is 1. The standard InChI is InChI=1S/C20H23N2O4P/c1-3-25-27(24,26-4-2)20(21-16-11-6-5-7-12-16)17-14-15-10-8-9-13-18(15)22-19(17)23/h5-14,20-21H,3-4H2,1-2H3,(H,22,23). The molecule has 1 aromatic heterocycles. The van der Waals surface area contributed by atoms with Gasteiger partial charge in [0.05, 0.1) is 18.8 Å². The molecule has 1 atom stereocenters. The van der Waals surface area contributed by atoms with Crippen molar-refractivity contribution in [1.29, 1.82) is 0 Å². The van der Waals surface area contributed by atoms with Gasteiger partial charge in [0.25, 0.3) is 5.56 Å². The van der Waals surface area contributed by atoms with Crippen LogP contribution in [0.5, 0.6) is 0 Å². The van der Waals surface area contributed by atoms with Crippen LogP contribution in [0.3, 0.4) is 0 Å². The second-order valence-corrected chi connectivity index (χ2v) is 8.04. The second-order valence-electron chi connectivity index (χ2n) is 5.93. The molecule has 27 heavy (non-hydrogen) atoms. The minimum Gasteiger partial charge on any atom is -0.368 e. The summed E-state index contributed by atoms with van der Waals surface area (Å²) in [4.78, 5) is 15.6. The Morgan fingerprint density at radius 1 is 1.00 bits per heavy atom. The Labute approximate surface area is 158 Å². The number of rotatable bonds is 8. The molecule has 0 aliphatic rings. The molecular weight excluding hydrogens is 363 g/mol. The number of pyridine rings is 1. The van der Waals surface area contributed by atoms with Gasteiger partial charge in [-0.2, -0.15) is 0 Å². The summed E-state index contributed by atoms with van der Waals surface area (Å²) in [5.41, 5.74) is 1.41. The van der Waals surface area contributed by atoms with Crippen LogP contribution in [0.4, 0.5) is 5.69 Å². The highest BCUT2D eigenvalue weighted by Crippen LogP contribution is 2.60. The Kier molecular flexibility index (Phi) is 6.11. The van der Waals surface area contributed by atoms with Crippen LogP contribution in [0.2, 0.25) is 0 Å². The molecule has 0 aliphatic carbocycles. The largest absolute Gasteiger partial charge is 0.368 e. The molecule has 2 N–H and O–H groups in total. The van der Waals surface area contributed by atoms with Crippen molar-refractivity contribution in [3.63, 3.8) is 0 Å². The van der Waals surface area contributed by atoms with Crippen molar-refractivity contribution >= 4 is 24.2 Å². The smallest absolute Gasteiger partial charge is 0.357 e. The molecule has 6 nitrogen and oxygen atoms in total. The van der Waals surface area contributed by atoms with E-state index >= 15 is 0 Å². The van der Waals surface area contributed by atoms with Crippen LogP contribution in [-0.4, -0.2) is 18.2 Å². The number of aromatic amines is 1. The third-order valence-corrected chi connectivity index (χ3v) is 6.36. The van der Waals surface area contributed by atoms with E-state index in [-0.39, 0.29) is 18.8 Å². The first-order valence-electron chi connectivity index (χ1n) is 8.89. The maximum absolute atomic E-state index is 13.5. The molecule has 2 aromatic carbocycles. The first-order valence-corrected chi connectivity index (χ1v) is 10.5. The van der Waals surface area contributed by atoms with Crippen molar-refractivity contribution in [3.05, 3.63) is 76.6 Å². The highest BCUT2D eigenvalue weighted by Gasteiger charge is 2.38. The van der Waals surface area contributed by atoms with Crippen LogP contribution >= 0.6 is 7.60 Å². The van der Waals surface area contributed by atoms with Crippen LogP contribution in [0.1, 0.15) is 25.2 Å². The predicted octanol–water partition coefficient (Wildman–Crippen LogP) is 4.90. The SMILES string of the molecule is CCOP(=O)(OCC)C(Nc1ccccc1)c1cc2ccccc2[nH]c1=O. The number of hydrogen-bond donors (Lipinski definition) is 2. The molecule has 0 fully saturated rings. The van der Waals surface area contributed by atoms with Crippen LogP contribution < -0.4 is 10.9 Å². The van der Waals surface area contributed by atoms with Gasteiger partial charge in [-0.15, -0.1) is 0 Å². The van der Waals surface area contributed by atoms with Gasteiger partial charge in [-0.05, 0) is 43.5 Å². The van der Waals surface area contributed by atoms with Gasteiger partial charge in [-0.1, -0.05) is 36.4 Å². The quantitative estimate of drug-likeness (QED) is 0.538. The number of hydrogen-bond acceptors (Lipinski definition) is 5. The number of nitrogens with one attached hydrogen (secondary N) is 2. The van der Waals surface area contributed by atoms with Gasteiger partial charge in [0.1, 0.15) is 0 Å². The van der Waals surface area contributed by atoms with E-state index in [4.69, 9.17) is 9.05 Å². The van der Waals surface area contributed by atoms with Crippen molar-refractivity contribution < 1.29 is 13.6 Å². The van der Waals surface area contributed by atoms with Gasteiger partial charge in [0, 0.05) is 11.2 Å². The summed E-state index contributed by atoms with van der Waals surface area (Å²) in [6.07, 6.45) is 0. The summed E-state index contributed by atoms with van der Waals surface area (Å²) < 4.78 is 24.6. The molecule has 0 spiro atoms. The van der Waals surface area contributed by atoms with E-state index in [0.717, 1.165) is 11.1 Å². The van der Waals surface area contributed by atoms with Gasteiger partial charge in [0.2, 0.25) is 0 Å². The third kappa shape index (κ3) is 4.30. The molecule has 0 saturated carbocycles. The molecule has 0 radical (unpaired) electrons. The zero-order valence-electron chi connectivity index (χ0n) is 15.3. The summed E-state index contributed by atoms with van der Waals surface area (Å²) in [5, 5.41) is 4.02. The van der Waals surface area contributed by atoms with Crippen molar-refractivity contribution in [2.75, 3.05) is 18.5 Å². The molecule has 7 heteroatoms. The summed E-state index contributed by atoms with van der Waals surface area (Å²) in [7, 11) is -3.65. The summed E-state index contributed by atoms with van der Waals surface area (Å²) in [5.74, 6) is -0.937. The first kappa shape index (κ1) is 19.4. The maximum atomic E-state index is 13.5. The normalized spacial score (nSPS) is 12.8. The number of aromatic nitrogens is 1. The van der Waals surface area contributed by atoms with E-state index in [1.54, 1.807) is 19.9 Å². The fraction of sp³-hybridized carbons (Fsp3) is 0.250. The lowest BCUT2D eigenvalue weighted by molar-refractivity contribution is 0.214. The van der Waals surface area contributed by atoms with Crippen LogP contribution in [0, 0.1) is 0 Å². The zero-order valence-corrected chi connectivity index (χ0v) is 16.2. The second kappa shape index (κ2) is 8.53. The molecule has 0 saturated heterocycles. The molecule has 3 rings (SSSR count). The Morgan fingerprint density at radius 3 is 2.30 bits per heavy atom. The minimum absolute atomic E-state index is 0.204. The maximum Gasteiger partial charge on any atom is 0.357 e. The van der Waals surface area contributed by atoms with Crippen molar-refractivity contribution in [3.8, 4) is 0 Å². The fourth-order valence-electron chi connectivity index (χ4n) is 2.93. The molecular formula is C20H23N2O4P. The van der Waals surface area contributed by atoms with Gasteiger partial charge >= 0.3 is 7.60 Å². The summed E-state index contributed by atoms with van der Waals surface area (Å²) >= 11 is 0. The van der Waals surface area contributed by atoms with E-state index in [0.29, 0.717) is 11.1 Å². The molecule has 3 aromatic rings. The van der Waals surface area contributed by atoms with E-state index in [9.17, 15) is 9.36 Å². The van der Waals surface area contributed by atoms with Gasteiger partial charge in [0.15, 0.2) is 5.78 Å². The molecule has 1 heterocycles. The average Bonchev–Trinajstić information content (AvgIpc) is 2.67. The first-order chi connectivity index (χ1) is 13.1. The molecule has 142 valence electrons. The minimum atomic E-state index is -3.65. The highest BCUT2D eigenvalue weighted by atomic mass is 31.2. The lowest BCUT2D eigenvalue weighted by Gasteiger charge is -2.27. The van der Waals surface area contributed by atoms with Gasteiger partial charge in [-0.3, -0.25) is 9.36 Å². The van der Waals surface area contributed by atoms with Crippen molar-refractivity contribution in [2.45, 2.75) is 19.6 Å². The Morgan fingerprint density at radius 2 is 1.63 bits per heavy atom. The van der Waals surface area contributed by atoms with Crippen LogP contribution in [-0.2, 0) is 13.6 Å². The molecule has 0 bridgehead atoms. The zero-order chi connectivity index (χ0) is 19.3. The highest BCUT2D eigenvalue weighted by molar-refractivity contribution is 7.54. The third-order valence-electron chi connectivity index (χ3n) is 4.09. The number of para-hydroxylation sites is 2. The molecule has 1 unspecified atom stereocenters. The molecule has 0 amide bonds. The van der Waals surface area contributed by atoms with E-state index in [1.165, 1.54) is 0 Å². The van der Waals surface area contributed by atoms with E-state index < -0.39 is 13.4 Å². The Hall–Kier alpha value is -2.40. The Balaban J connectivity index is 2.15. The van der Waals surface area contributed by atoms with E-state index in [1.807, 2.05) is 54.6 Å². The number of benzene rings is 2. The average molecular weight is 386 g/mol. The van der Waals surface area contributed by atoms with Gasteiger partial charge < -0.3 is 19.3 Å². The monoisotopic (exact) mass is 386 g/mol. The van der Waals surface area contributed by atoms with Crippen LogP contribution in [0.15, 0.2) is 65.5 Å². The topological polar surface area (TPSA) is 80.4 Å².